The van der Waals surface area contributed by atoms with Crippen molar-refractivity contribution in [3.05, 3.63) is 0 Å². The first-order valence-electron chi connectivity index (χ1n) is 5.10. The zero-order valence-corrected chi connectivity index (χ0v) is 9.45. The fourth-order valence-corrected chi connectivity index (χ4v) is 1.53. The second kappa shape index (κ2) is 4.18. The van der Waals surface area contributed by atoms with Crippen molar-refractivity contribution in [3.8, 4) is 0 Å². The van der Waals surface area contributed by atoms with Crippen LogP contribution >= 0.6 is 0 Å². The predicted octanol–water partition coefficient (Wildman–Crippen LogP) is 0.871. The Morgan fingerprint density at radius 2 is 2.20 bits per heavy atom. The number of hydrogen-bond donors (Lipinski definition) is 1. The molecule has 2 amide bonds. The van der Waals surface area contributed by atoms with E-state index in [1.807, 2.05) is 0 Å². The van der Waals surface area contributed by atoms with E-state index in [0.29, 0.717) is 19.4 Å². The van der Waals surface area contributed by atoms with Gasteiger partial charge in [0.1, 0.15) is 5.60 Å². The van der Waals surface area contributed by atoms with E-state index in [1.54, 1.807) is 20.8 Å². The summed E-state index contributed by atoms with van der Waals surface area (Å²) in [6.07, 6.45) is 0.427. The summed E-state index contributed by atoms with van der Waals surface area (Å²) in [7, 11) is 0. The molecule has 5 heteroatoms. The highest BCUT2D eigenvalue weighted by Gasteiger charge is 2.37. The predicted molar refractivity (Wildman–Crippen MR) is 55.2 cm³/mol. The molecule has 1 unspecified atom stereocenters. The van der Waals surface area contributed by atoms with E-state index in [-0.39, 0.29) is 11.9 Å². The van der Waals surface area contributed by atoms with Gasteiger partial charge in [-0.1, -0.05) is 0 Å². The third kappa shape index (κ3) is 2.92. The summed E-state index contributed by atoms with van der Waals surface area (Å²) in [6.45, 7) is 5.60. The van der Waals surface area contributed by atoms with Crippen LogP contribution in [0.3, 0.4) is 0 Å². The van der Waals surface area contributed by atoms with Crippen molar-refractivity contribution < 1.29 is 14.3 Å². The SMILES string of the molecule is CC(C)(C)OC(=O)N1C(=O)CCC1CN. The van der Waals surface area contributed by atoms with E-state index < -0.39 is 11.7 Å². The van der Waals surface area contributed by atoms with Gasteiger partial charge in [-0.2, -0.15) is 0 Å². The van der Waals surface area contributed by atoms with Crippen LogP contribution in [0, 0.1) is 0 Å². The summed E-state index contributed by atoms with van der Waals surface area (Å²) in [5, 5.41) is 0. The number of carbonyl (C=O) groups is 2. The second-order valence-electron chi connectivity index (χ2n) is 4.67. The van der Waals surface area contributed by atoms with E-state index in [9.17, 15) is 9.59 Å². The minimum atomic E-state index is -0.584. The third-order valence-corrected chi connectivity index (χ3v) is 2.19. The molecule has 1 saturated heterocycles. The number of likely N-dealkylation sites (tertiary alicyclic amines) is 1. The number of rotatable bonds is 1. The topological polar surface area (TPSA) is 72.6 Å². The quantitative estimate of drug-likeness (QED) is 0.703. The van der Waals surface area contributed by atoms with Crippen molar-refractivity contribution in [1.82, 2.24) is 4.90 Å². The van der Waals surface area contributed by atoms with Crippen LogP contribution in [-0.2, 0) is 9.53 Å². The molecule has 1 fully saturated rings. The Morgan fingerprint density at radius 1 is 1.60 bits per heavy atom. The molecule has 0 radical (unpaired) electrons. The Labute approximate surface area is 89.6 Å². The van der Waals surface area contributed by atoms with Crippen molar-refractivity contribution in [3.63, 3.8) is 0 Å². The highest BCUT2D eigenvalue weighted by atomic mass is 16.6. The monoisotopic (exact) mass is 214 g/mol. The zero-order valence-electron chi connectivity index (χ0n) is 9.45. The normalized spacial score (nSPS) is 22.0. The van der Waals surface area contributed by atoms with Crippen molar-refractivity contribution in [2.75, 3.05) is 6.54 Å². The van der Waals surface area contributed by atoms with Gasteiger partial charge in [0.25, 0.3) is 0 Å². The molecule has 0 aliphatic carbocycles. The maximum absolute atomic E-state index is 11.7. The summed E-state index contributed by atoms with van der Waals surface area (Å²) < 4.78 is 5.13. The number of amides is 2. The molecule has 86 valence electrons. The number of nitrogens with zero attached hydrogens (tertiary/aromatic N) is 1. The van der Waals surface area contributed by atoms with Crippen molar-refractivity contribution >= 4 is 12.0 Å². The van der Waals surface area contributed by atoms with E-state index in [4.69, 9.17) is 10.5 Å². The molecule has 0 aromatic heterocycles. The standard InChI is InChI=1S/C10H18N2O3/c1-10(2,3)15-9(14)12-7(6-11)4-5-8(12)13/h7H,4-6,11H2,1-3H3. The largest absolute Gasteiger partial charge is 0.443 e. The molecule has 0 spiro atoms. The lowest BCUT2D eigenvalue weighted by Crippen LogP contribution is -2.45. The van der Waals surface area contributed by atoms with Gasteiger partial charge in [-0.15, -0.1) is 0 Å². The Balaban J connectivity index is 2.69. The molecule has 0 aromatic carbocycles. The first kappa shape index (κ1) is 12.0. The molecular weight excluding hydrogens is 196 g/mol. The maximum Gasteiger partial charge on any atom is 0.417 e. The first-order valence-corrected chi connectivity index (χ1v) is 5.10. The first-order chi connectivity index (χ1) is 6.85. The van der Waals surface area contributed by atoms with Gasteiger partial charge in [0.15, 0.2) is 0 Å². The molecule has 0 aromatic rings. The molecule has 5 nitrogen and oxygen atoms in total. The number of hydrogen-bond acceptors (Lipinski definition) is 4. The lowest BCUT2D eigenvalue weighted by atomic mass is 10.2. The molecule has 15 heavy (non-hydrogen) atoms. The lowest BCUT2D eigenvalue weighted by Gasteiger charge is -2.26. The van der Waals surface area contributed by atoms with Crippen LogP contribution in [0.5, 0.6) is 0 Å². The average Bonchev–Trinajstić information content (AvgIpc) is 2.43. The summed E-state index contributed by atoms with van der Waals surface area (Å²) in [4.78, 5) is 24.3. The van der Waals surface area contributed by atoms with Crippen LogP contribution in [0.25, 0.3) is 0 Å². The third-order valence-electron chi connectivity index (χ3n) is 2.19. The molecule has 1 rings (SSSR count). The molecule has 1 heterocycles. The van der Waals surface area contributed by atoms with Crippen molar-refractivity contribution in [2.45, 2.75) is 45.3 Å². The second-order valence-corrected chi connectivity index (χ2v) is 4.67. The molecule has 1 aliphatic heterocycles. The number of nitrogens with two attached hydrogens (primary N) is 1. The molecule has 0 saturated carbocycles. The van der Waals surface area contributed by atoms with Gasteiger partial charge in [0.05, 0.1) is 6.04 Å². The van der Waals surface area contributed by atoms with Gasteiger partial charge in [0, 0.05) is 13.0 Å². The van der Waals surface area contributed by atoms with Gasteiger partial charge in [-0.05, 0) is 27.2 Å². The number of imide groups is 1. The van der Waals surface area contributed by atoms with Crippen LogP contribution < -0.4 is 5.73 Å². The fraction of sp³-hybridized carbons (Fsp3) is 0.800. The van der Waals surface area contributed by atoms with Crippen LogP contribution in [-0.4, -0.2) is 35.1 Å². The Kier molecular flexibility index (Phi) is 3.34. The van der Waals surface area contributed by atoms with Crippen LogP contribution in [0.15, 0.2) is 0 Å². The van der Waals surface area contributed by atoms with E-state index in [1.165, 1.54) is 0 Å². The minimum absolute atomic E-state index is 0.195. The maximum atomic E-state index is 11.7. The molecular formula is C10H18N2O3. The number of ether oxygens (including phenoxy) is 1. The zero-order chi connectivity index (χ0) is 11.6. The lowest BCUT2D eigenvalue weighted by molar-refractivity contribution is -0.128. The Morgan fingerprint density at radius 3 is 2.67 bits per heavy atom. The summed E-state index contributed by atoms with van der Waals surface area (Å²) in [6, 6.07) is -0.202. The van der Waals surface area contributed by atoms with E-state index in [0.717, 1.165) is 4.90 Å². The van der Waals surface area contributed by atoms with Gasteiger partial charge < -0.3 is 10.5 Å². The fourth-order valence-electron chi connectivity index (χ4n) is 1.53. The summed E-state index contributed by atoms with van der Waals surface area (Å²) >= 11 is 0. The van der Waals surface area contributed by atoms with Gasteiger partial charge in [-0.25, -0.2) is 9.69 Å². The highest BCUT2D eigenvalue weighted by Crippen LogP contribution is 2.21. The molecule has 1 atom stereocenters. The van der Waals surface area contributed by atoms with Gasteiger partial charge in [-0.3, -0.25) is 4.79 Å². The molecule has 1 aliphatic rings. The number of carbonyl (C=O) groups excluding carboxylic acids is 2. The van der Waals surface area contributed by atoms with E-state index >= 15 is 0 Å². The molecule has 2 N–H and O–H groups in total. The molecule has 0 bridgehead atoms. The minimum Gasteiger partial charge on any atom is -0.443 e. The smallest absolute Gasteiger partial charge is 0.417 e. The Hall–Kier alpha value is -1.10. The summed E-state index contributed by atoms with van der Waals surface area (Å²) in [5.41, 5.74) is 4.90. The average molecular weight is 214 g/mol. The Bertz CT molecular complexity index is 270. The van der Waals surface area contributed by atoms with Gasteiger partial charge in [0.2, 0.25) is 5.91 Å². The van der Waals surface area contributed by atoms with Crippen LogP contribution in [0.2, 0.25) is 0 Å². The van der Waals surface area contributed by atoms with Crippen LogP contribution in [0.4, 0.5) is 4.79 Å². The van der Waals surface area contributed by atoms with Gasteiger partial charge >= 0.3 is 6.09 Å². The van der Waals surface area contributed by atoms with Crippen molar-refractivity contribution in [2.24, 2.45) is 5.73 Å². The van der Waals surface area contributed by atoms with Crippen molar-refractivity contribution in [1.29, 1.82) is 0 Å². The van der Waals surface area contributed by atoms with Crippen LogP contribution in [0.1, 0.15) is 33.6 Å². The highest BCUT2D eigenvalue weighted by molar-refractivity contribution is 5.94. The van der Waals surface area contributed by atoms with E-state index in [2.05, 4.69) is 0 Å². The summed E-state index contributed by atoms with van der Waals surface area (Å²) in [5.74, 6) is -0.195.